The number of carboxylic acid groups (broad SMARTS) is 1. The minimum Gasteiger partial charge on any atom is -0.492 e. The van der Waals surface area contributed by atoms with Crippen molar-refractivity contribution in [2.75, 3.05) is 12.4 Å². The van der Waals surface area contributed by atoms with Crippen molar-refractivity contribution in [3.63, 3.8) is 0 Å². The number of aliphatic hydroxyl groups excluding tert-OH is 1. The van der Waals surface area contributed by atoms with Crippen LogP contribution in [0.5, 0.6) is 5.75 Å². The molecule has 3 heterocycles. The number of ether oxygens (including phenoxy) is 1. The number of carbonyl (C=O) groups is 3. The Kier molecular flexibility index (Phi) is 4.71. The van der Waals surface area contributed by atoms with Crippen LogP contribution in [0, 0.1) is 11.8 Å². The van der Waals surface area contributed by atoms with Crippen LogP contribution < -0.4 is 4.74 Å². The Morgan fingerprint density at radius 1 is 1.39 bits per heavy atom. The molecule has 7 nitrogen and oxygen atoms in total. The molecule has 0 aliphatic carbocycles. The zero-order valence-electron chi connectivity index (χ0n) is 15.5. The van der Waals surface area contributed by atoms with Crippen molar-refractivity contribution < 1.29 is 29.3 Å². The van der Waals surface area contributed by atoms with Crippen LogP contribution in [-0.2, 0) is 9.59 Å². The standard InChI is InChI=1S/C20H21NO6S/c1-9-13(18(20(25)26)21-17(9)16(10(2)22)19(21)24)8-28-11-3-4-12-14(23)5-6-27-15(12)7-11/h3-4,7,9-10,16-17,22H,5-6,8H2,1-2H3,(H,25,26)/t9-,10+,16+,17+/m0/s1. The van der Waals surface area contributed by atoms with Crippen LogP contribution in [0.2, 0.25) is 0 Å². The molecule has 4 atom stereocenters. The molecule has 148 valence electrons. The largest absolute Gasteiger partial charge is 0.492 e. The van der Waals surface area contributed by atoms with E-state index in [1.54, 1.807) is 19.1 Å². The molecule has 0 aromatic heterocycles. The molecule has 1 saturated heterocycles. The number of aliphatic hydroxyl groups is 1. The van der Waals surface area contributed by atoms with E-state index in [1.807, 2.05) is 13.0 Å². The fourth-order valence-electron chi connectivity index (χ4n) is 4.33. The first-order valence-corrected chi connectivity index (χ1v) is 10.2. The lowest BCUT2D eigenvalue weighted by Crippen LogP contribution is -2.63. The van der Waals surface area contributed by atoms with Gasteiger partial charge in [-0.1, -0.05) is 6.92 Å². The maximum absolute atomic E-state index is 12.4. The second-order valence-corrected chi connectivity index (χ2v) is 8.45. The van der Waals surface area contributed by atoms with Gasteiger partial charge in [-0.3, -0.25) is 9.59 Å². The number of thioether (sulfide) groups is 1. The second-order valence-electron chi connectivity index (χ2n) is 7.40. The van der Waals surface area contributed by atoms with Crippen molar-refractivity contribution in [2.45, 2.75) is 37.3 Å². The van der Waals surface area contributed by atoms with Crippen LogP contribution in [-0.4, -0.2) is 57.3 Å². The minimum absolute atomic E-state index is 0.0382. The minimum atomic E-state index is -1.12. The summed E-state index contributed by atoms with van der Waals surface area (Å²) in [5.74, 6) is -1.14. The van der Waals surface area contributed by atoms with Crippen LogP contribution in [0.15, 0.2) is 34.4 Å². The van der Waals surface area contributed by atoms with E-state index in [4.69, 9.17) is 4.74 Å². The molecule has 0 unspecified atom stereocenters. The van der Waals surface area contributed by atoms with Gasteiger partial charge in [-0.2, -0.15) is 0 Å². The van der Waals surface area contributed by atoms with Crippen LogP contribution in [0.3, 0.4) is 0 Å². The summed E-state index contributed by atoms with van der Waals surface area (Å²) < 4.78 is 5.56. The molecule has 1 aromatic rings. The third-order valence-corrected chi connectivity index (χ3v) is 6.80. The highest BCUT2D eigenvalue weighted by Gasteiger charge is 2.59. The van der Waals surface area contributed by atoms with E-state index in [9.17, 15) is 24.6 Å². The van der Waals surface area contributed by atoms with Gasteiger partial charge < -0.3 is 19.8 Å². The van der Waals surface area contributed by atoms with Crippen molar-refractivity contribution in [1.29, 1.82) is 0 Å². The number of nitrogens with zero attached hydrogens (tertiary/aromatic N) is 1. The van der Waals surface area contributed by atoms with Gasteiger partial charge in [0.25, 0.3) is 0 Å². The quantitative estimate of drug-likeness (QED) is 0.572. The zero-order chi connectivity index (χ0) is 20.2. The first-order valence-electron chi connectivity index (χ1n) is 9.21. The first kappa shape index (κ1) is 19.0. The van der Waals surface area contributed by atoms with Crippen LogP contribution >= 0.6 is 11.8 Å². The molecule has 28 heavy (non-hydrogen) atoms. The number of aliphatic carboxylic acids is 1. The third kappa shape index (κ3) is 2.82. The van der Waals surface area contributed by atoms with Crippen molar-refractivity contribution in [2.24, 2.45) is 11.8 Å². The Balaban J connectivity index is 1.57. The maximum Gasteiger partial charge on any atom is 0.352 e. The molecule has 1 amide bonds. The molecule has 4 rings (SSSR count). The monoisotopic (exact) mass is 403 g/mol. The van der Waals surface area contributed by atoms with Crippen LogP contribution in [0.25, 0.3) is 0 Å². The van der Waals surface area contributed by atoms with Crippen LogP contribution in [0.4, 0.5) is 0 Å². The average molecular weight is 403 g/mol. The number of hydrogen-bond donors (Lipinski definition) is 2. The lowest BCUT2D eigenvalue weighted by atomic mass is 9.78. The number of hydrogen-bond acceptors (Lipinski definition) is 6. The van der Waals surface area contributed by atoms with Gasteiger partial charge in [0.1, 0.15) is 11.4 Å². The second kappa shape index (κ2) is 6.93. The van der Waals surface area contributed by atoms with E-state index in [1.165, 1.54) is 16.7 Å². The fraction of sp³-hybridized carbons (Fsp3) is 0.450. The molecular formula is C20H21NO6S. The smallest absolute Gasteiger partial charge is 0.352 e. The topological polar surface area (TPSA) is 104 Å². The van der Waals surface area contributed by atoms with E-state index < -0.39 is 18.0 Å². The number of carbonyl (C=O) groups excluding carboxylic acids is 2. The summed E-state index contributed by atoms with van der Waals surface area (Å²) in [6.45, 7) is 3.83. The number of carboxylic acids is 1. The molecule has 3 aliphatic heterocycles. The van der Waals surface area contributed by atoms with E-state index in [0.29, 0.717) is 35.7 Å². The molecule has 3 aliphatic rings. The number of amides is 1. The maximum atomic E-state index is 12.4. The van der Waals surface area contributed by atoms with Gasteiger partial charge in [-0.05, 0) is 30.7 Å². The Bertz CT molecular complexity index is 908. The fourth-order valence-corrected chi connectivity index (χ4v) is 5.40. The van der Waals surface area contributed by atoms with Crippen LogP contribution in [0.1, 0.15) is 30.6 Å². The summed E-state index contributed by atoms with van der Waals surface area (Å²) in [5, 5.41) is 19.6. The molecule has 0 spiro atoms. The lowest BCUT2D eigenvalue weighted by Gasteiger charge is -2.46. The highest BCUT2D eigenvalue weighted by atomic mass is 32.2. The molecule has 2 N–H and O–H groups in total. The van der Waals surface area contributed by atoms with Gasteiger partial charge in [0.15, 0.2) is 5.78 Å². The molecule has 1 fully saturated rings. The van der Waals surface area contributed by atoms with Crippen molar-refractivity contribution in [3.8, 4) is 5.75 Å². The SMILES string of the molecule is C[C@@H](O)[C@H]1C(=O)N2C(C(=O)O)=C(CSc3ccc4c(c3)OCCC4=O)[C@H](C)[C@H]12. The van der Waals surface area contributed by atoms with Gasteiger partial charge in [-0.15, -0.1) is 11.8 Å². The number of β-lactam (4-membered cyclic amide) rings is 1. The van der Waals surface area contributed by atoms with Gasteiger partial charge in [0.2, 0.25) is 5.91 Å². The first-order chi connectivity index (χ1) is 13.3. The normalized spacial score (nSPS) is 27.1. The summed E-state index contributed by atoms with van der Waals surface area (Å²) >= 11 is 1.45. The van der Waals surface area contributed by atoms with Gasteiger partial charge in [0, 0.05) is 23.0 Å². The zero-order valence-corrected chi connectivity index (χ0v) is 16.4. The van der Waals surface area contributed by atoms with Gasteiger partial charge >= 0.3 is 5.97 Å². The highest BCUT2D eigenvalue weighted by Crippen LogP contribution is 2.48. The highest BCUT2D eigenvalue weighted by molar-refractivity contribution is 7.99. The average Bonchev–Trinajstić information content (AvgIpc) is 2.88. The Hall–Kier alpha value is -2.32. The number of fused-ring (bicyclic) bond motifs is 2. The molecule has 0 bridgehead atoms. The Labute approximate surface area is 166 Å². The molecule has 8 heteroatoms. The van der Waals surface area contributed by atoms with Gasteiger partial charge in [0.05, 0.1) is 30.2 Å². The Morgan fingerprint density at radius 2 is 2.14 bits per heavy atom. The molecule has 0 radical (unpaired) electrons. The van der Waals surface area contributed by atoms with Crippen molar-refractivity contribution >= 4 is 29.4 Å². The van der Waals surface area contributed by atoms with E-state index in [2.05, 4.69) is 0 Å². The van der Waals surface area contributed by atoms with Crippen molar-refractivity contribution in [1.82, 2.24) is 4.90 Å². The number of ketones is 1. The van der Waals surface area contributed by atoms with E-state index in [-0.39, 0.29) is 29.3 Å². The number of Topliss-reactive ketones (excluding diaryl/α,β-unsaturated/α-hetero) is 1. The third-order valence-electron chi connectivity index (χ3n) is 5.75. The number of rotatable bonds is 5. The summed E-state index contributed by atoms with van der Waals surface area (Å²) in [7, 11) is 0. The van der Waals surface area contributed by atoms with Gasteiger partial charge in [-0.25, -0.2) is 4.79 Å². The molecular weight excluding hydrogens is 382 g/mol. The molecule has 0 saturated carbocycles. The predicted molar refractivity (Wildman–Crippen MR) is 101 cm³/mol. The molecule has 1 aromatic carbocycles. The van der Waals surface area contributed by atoms with E-state index >= 15 is 0 Å². The summed E-state index contributed by atoms with van der Waals surface area (Å²) in [6, 6.07) is 5.06. The number of benzene rings is 1. The summed E-state index contributed by atoms with van der Waals surface area (Å²) in [4.78, 5) is 38.3. The Morgan fingerprint density at radius 3 is 2.82 bits per heavy atom. The van der Waals surface area contributed by atoms with Crippen molar-refractivity contribution in [3.05, 3.63) is 35.0 Å². The predicted octanol–water partition coefficient (Wildman–Crippen LogP) is 1.94. The van der Waals surface area contributed by atoms with E-state index in [0.717, 1.165) is 4.90 Å². The summed E-state index contributed by atoms with van der Waals surface area (Å²) in [6.07, 6.45) is -0.435. The lowest BCUT2D eigenvalue weighted by molar-refractivity contribution is -0.163. The summed E-state index contributed by atoms with van der Waals surface area (Å²) in [5.41, 5.74) is 1.30.